The minimum absolute atomic E-state index is 0.00579. The second-order valence-electron chi connectivity index (χ2n) is 2.97. The highest BCUT2D eigenvalue weighted by Crippen LogP contribution is 2.31. The van der Waals surface area contributed by atoms with Crippen molar-refractivity contribution < 1.29 is 19.7 Å². The Balaban J connectivity index is 3.10. The molecule has 0 aliphatic rings. The van der Waals surface area contributed by atoms with Gasteiger partial charge in [0, 0.05) is 0 Å². The van der Waals surface area contributed by atoms with E-state index in [1.165, 1.54) is 7.11 Å². The number of rotatable bonds is 3. The lowest BCUT2D eigenvalue weighted by atomic mass is 10.0. The van der Waals surface area contributed by atoms with E-state index in [1.807, 2.05) is 0 Å². The van der Waals surface area contributed by atoms with Crippen molar-refractivity contribution in [1.82, 2.24) is 0 Å². The molecular weight excluding hydrogens is 184 g/mol. The Kier molecular flexibility index (Phi) is 2.96. The molecule has 4 nitrogen and oxygen atoms in total. The minimum Gasteiger partial charge on any atom is -0.504 e. The van der Waals surface area contributed by atoms with Gasteiger partial charge in [0.25, 0.3) is 0 Å². The van der Waals surface area contributed by atoms with Crippen molar-refractivity contribution in [3.05, 3.63) is 23.3 Å². The number of hydrogen-bond acceptors (Lipinski definition) is 3. The lowest BCUT2D eigenvalue weighted by Crippen LogP contribution is -2.02. The molecule has 0 aliphatic carbocycles. The van der Waals surface area contributed by atoms with E-state index in [0.717, 1.165) is 0 Å². The van der Waals surface area contributed by atoms with E-state index in [9.17, 15) is 9.90 Å². The van der Waals surface area contributed by atoms with Crippen LogP contribution in [0.5, 0.6) is 11.5 Å². The first-order valence-electron chi connectivity index (χ1n) is 4.13. The highest BCUT2D eigenvalue weighted by Gasteiger charge is 2.11. The van der Waals surface area contributed by atoms with E-state index in [2.05, 4.69) is 0 Å². The normalized spacial score (nSPS) is 9.86. The van der Waals surface area contributed by atoms with Gasteiger partial charge >= 0.3 is 5.97 Å². The van der Waals surface area contributed by atoms with E-state index < -0.39 is 5.97 Å². The number of phenols is 1. The molecule has 0 saturated carbocycles. The zero-order valence-electron chi connectivity index (χ0n) is 8.07. The predicted molar refractivity (Wildman–Crippen MR) is 50.7 cm³/mol. The lowest BCUT2D eigenvalue weighted by Gasteiger charge is -2.09. The van der Waals surface area contributed by atoms with Crippen LogP contribution in [0.2, 0.25) is 0 Å². The third-order valence-corrected chi connectivity index (χ3v) is 2.07. The second-order valence-corrected chi connectivity index (χ2v) is 2.97. The van der Waals surface area contributed by atoms with Gasteiger partial charge in [0.15, 0.2) is 11.5 Å². The molecule has 0 fully saturated rings. The molecule has 0 atom stereocenters. The predicted octanol–water partition coefficient (Wildman–Crippen LogP) is 1.34. The third kappa shape index (κ3) is 1.96. The van der Waals surface area contributed by atoms with Crippen molar-refractivity contribution >= 4 is 5.97 Å². The van der Waals surface area contributed by atoms with Crippen LogP contribution in [-0.2, 0) is 11.2 Å². The van der Waals surface area contributed by atoms with Crippen LogP contribution in [0.25, 0.3) is 0 Å². The maximum absolute atomic E-state index is 10.5. The van der Waals surface area contributed by atoms with Crippen LogP contribution in [0.3, 0.4) is 0 Å². The van der Waals surface area contributed by atoms with Gasteiger partial charge in [0.1, 0.15) is 0 Å². The molecule has 0 heterocycles. The molecule has 14 heavy (non-hydrogen) atoms. The molecule has 0 spiro atoms. The van der Waals surface area contributed by atoms with E-state index in [4.69, 9.17) is 9.84 Å². The molecule has 76 valence electrons. The van der Waals surface area contributed by atoms with E-state index in [1.54, 1.807) is 19.1 Å². The maximum Gasteiger partial charge on any atom is 0.307 e. The zero-order valence-corrected chi connectivity index (χ0v) is 8.07. The summed E-state index contributed by atoms with van der Waals surface area (Å²) in [6, 6.07) is 3.20. The number of aliphatic carboxylic acids is 1. The summed E-state index contributed by atoms with van der Waals surface area (Å²) in [6.45, 7) is 1.66. The number of hydrogen-bond donors (Lipinski definition) is 2. The lowest BCUT2D eigenvalue weighted by molar-refractivity contribution is -0.136. The Morgan fingerprint density at radius 1 is 1.50 bits per heavy atom. The summed E-state index contributed by atoms with van der Waals surface area (Å²) in [4.78, 5) is 10.5. The maximum atomic E-state index is 10.5. The van der Waals surface area contributed by atoms with Gasteiger partial charge in [-0.1, -0.05) is 6.07 Å². The average Bonchev–Trinajstić information content (AvgIpc) is 2.13. The second kappa shape index (κ2) is 4.00. The van der Waals surface area contributed by atoms with Crippen LogP contribution in [0.1, 0.15) is 11.1 Å². The van der Waals surface area contributed by atoms with Crippen LogP contribution in [0, 0.1) is 6.92 Å². The number of aromatic hydroxyl groups is 1. The fourth-order valence-electron chi connectivity index (χ4n) is 1.24. The molecule has 0 aromatic heterocycles. The first-order valence-corrected chi connectivity index (χ1v) is 4.13. The molecule has 0 aliphatic heterocycles. The van der Waals surface area contributed by atoms with Crippen LogP contribution < -0.4 is 4.74 Å². The summed E-state index contributed by atoms with van der Waals surface area (Å²) in [5.74, 6) is -0.555. The minimum atomic E-state index is -0.919. The quantitative estimate of drug-likeness (QED) is 0.765. The standard InChI is InChI=1S/C10H12O4/c1-6-7(5-9(11)12)3-4-8(14-2)10(6)13/h3-4,13H,5H2,1-2H3,(H,11,12). The smallest absolute Gasteiger partial charge is 0.307 e. The summed E-state index contributed by atoms with van der Waals surface area (Å²) < 4.78 is 4.89. The van der Waals surface area contributed by atoms with Gasteiger partial charge in [-0.2, -0.15) is 0 Å². The highest BCUT2D eigenvalue weighted by molar-refractivity contribution is 5.71. The molecule has 1 aromatic rings. The Bertz CT molecular complexity index is 357. The Morgan fingerprint density at radius 3 is 2.64 bits per heavy atom. The van der Waals surface area contributed by atoms with Crippen LogP contribution in [-0.4, -0.2) is 23.3 Å². The molecule has 0 unspecified atom stereocenters. The topological polar surface area (TPSA) is 66.8 Å². The van der Waals surface area contributed by atoms with Gasteiger partial charge in [-0.15, -0.1) is 0 Å². The molecular formula is C10H12O4. The average molecular weight is 196 g/mol. The van der Waals surface area contributed by atoms with Crippen molar-refractivity contribution in [2.75, 3.05) is 7.11 Å². The van der Waals surface area contributed by atoms with Crippen molar-refractivity contribution in [3.8, 4) is 11.5 Å². The number of ether oxygens (including phenoxy) is 1. The largest absolute Gasteiger partial charge is 0.504 e. The summed E-state index contributed by atoms with van der Waals surface area (Å²) >= 11 is 0. The number of benzene rings is 1. The van der Waals surface area contributed by atoms with Gasteiger partial charge in [-0.05, 0) is 24.1 Å². The molecule has 4 heteroatoms. The van der Waals surface area contributed by atoms with Crippen molar-refractivity contribution in [3.63, 3.8) is 0 Å². The molecule has 1 aromatic carbocycles. The van der Waals surface area contributed by atoms with Crippen LogP contribution >= 0.6 is 0 Å². The van der Waals surface area contributed by atoms with E-state index in [0.29, 0.717) is 16.9 Å². The summed E-state index contributed by atoms with van der Waals surface area (Å²) in [7, 11) is 1.45. The first-order chi connectivity index (χ1) is 6.56. The molecule has 0 amide bonds. The van der Waals surface area contributed by atoms with Crippen LogP contribution in [0.15, 0.2) is 12.1 Å². The number of phenolic OH excluding ortho intramolecular Hbond substituents is 1. The molecule has 0 saturated heterocycles. The zero-order chi connectivity index (χ0) is 10.7. The molecule has 0 bridgehead atoms. The van der Waals surface area contributed by atoms with Crippen molar-refractivity contribution in [2.24, 2.45) is 0 Å². The van der Waals surface area contributed by atoms with Crippen LogP contribution in [0.4, 0.5) is 0 Å². The number of carboxylic acid groups (broad SMARTS) is 1. The van der Waals surface area contributed by atoms with Crippen molar-refractivity contribution in [1.29, 1.82) is 0 Å². The Hall–Kier alpha value is -1.71. The Labute approximate surface area is 81.8 Å². The van der Waals surface area contributed by atoms with Gasteiger partial charge in [-0.25, -0.2) is 0 Å². The van der Waals surface area contributed by atoms with Gasteiger partial charge < -0.3 is 14.9 Å². The summed E-state index contributed by atoms with van der Waals surface area (Å²) in [5.41, 5.74) is 1.14. The Morgan fingerprint density at radius 2 is 2.14 bits per heavy atom. The number of carboxylic acids is 1. The monoisotopic (exact) mass is 196 g/mol. The fourth-order valence-corrected chi connectivity index (χ4v) is 1.24. The number of methoxy groups -OCH3 is 1. The van der Waals surface area contributed by atoms with Crippen molar-refractivity contribution in [2.45, 2.75) is 13.3 Å². The SMILES string of the molecule is COc1ccc(CC(=O)O)c(C)c1O. The molecule has 2 N–H and O–H groups in total. The van der Waals surface area contributed by atoms with Gasteiger partial charge in [-0.3, -0.25) is 4.79 Å². The fraction of sp³-hybridized carbons (Fsp3) is 0.300. The van der Waals surface area contributed by atoms with Gasteiger partial charge in [0.2, 0.25) is 0 Å². The number of carbonyl (C=O) groups is 1. The van der Waals surface area contributed by atoms with Gasteiger partial charge in [0.05, 0.1) is 13.5 Å². The summed E-state index contributed by atoms with van der Waals surface area (Å²) in [6.07, 6.45) is -0.0939. The highest BCUT2D eigenvalue weighted by atomic mass is 16.5. The third-order valence-electron chi connectivity index (χ3n) is 2.07. The van der Waals surface area contributed by atoms with E-state index >= 15 is 0 Å². The molecule has 0 radical (unpaired) electrons. The first kappa shape index (κ1) is 10.4. The molecule has 1 rings (SSSR count). The van der Waals surface area contributed by atoms with E-state index in [-0.39, 0.29) is 12.2 Å². The summed E-state index contributed by atoms with van der Waals surface area (Å²) in [5, 5.41) is 18.2.